The number of ether oxygens (including phenoxy) is 1. The molecule has 0 heterocycles. The first kappa shape index (κ1) is 12.5. The Bertz CT molecular complexity index is 612. The van der Waals surface area contributed by atoms with Crippen LogP contribution in [-0.4, -0.2) is 0 Å². The van der Waals surface area contributed by atoms with Crippen LogP contribution in [0.1, 0.15) is 16.7 Å². The van der Waals surface area contributed by atoms with Gasteiger partial charge in [0, 0.05) is 0 Å². The maximum Gasteiger partial charge on any atom is 0.146 e. The molecule has 0 radical (unpaired) electrons. The largest absolute Gasteiger partial charge is 0.456 e. The van der Waals surface area contributed by atoms with Gasteiger partial charge in [0.15, 0.2) is 0 Å². The van der Waals surface area contributed by atoms with Gasteiger partial charge in [-0.1, -0.05) is 11.6 Å². The van der Waals surface area contributed by atoms with Gasteiger partial charge in [-0.2, -0.15) is 5.26 Å². The quantitative estimate of drug-likeness (QED) is 0.786. The van der Waals surface area contributed by atoms with Gasteiger partial charge in [-0.3, -0.25) is 0 Å². The topological polar surface area (TPSA) is 33.0 Å². The normalized spacial score (nSPS) is 9.89. The Kier molecular flexibility index (Phi) is 3.55. The molecule has 90 valence electrons. The zero-order valence-electron chi connectivity index (χ0n) is 10.2. The molecule has 0 aliphatic heterocycles. The van der Waals surface area contributed by atoms with Crippen LogP contribution in [-0.2, 0) is 0 Å². The Morgan fingerprint density at radius 1 is 1.06 bits per heavy atom. The summed E-state index contributed by atoms with van der Waals surface area (Å²) in [6.45, 7) is 4.02. The van der Waals surface area contributed by atoms with Gasteiger partial charge in [0.1, 0.15) is 11.5 Å². The Balaban J connectivity index is 2.28. The van der Waals surface area contributed by atoms with Gasteiger partial charge in [0.25, 0.3) is 0 Å². The second-order valence-corrected chi connectivity index (χ2v) is 4.51. The van der Waals surface area contributed by atoms with Crippen molar-refractivity contribution in [1.82, 2.24) is 0 Å². The molecule has 2 aromatic carbocycles. The summed E-state index contributed by atoms with van der Waals surface area (Å²) in [6, 6.07) is 12.8. The van der Waals surface area contributed by atoms with Crippen LogP contribution < -0.4 is 4.74 Å². The number of halogens is 1. The molecular formula is C15H12ClNO. The molecule has 0 N–H and O–H groups in total. The van der Waals surface area contributed by atoms with Crippen LogP contribution in [0.3, 0.4) is 0 Å². The van der Waals surface area contributed by atoms with Crippen LogP contribution in [0.5, 0.6) is 11.5 Å². The Hall–Kier alpha value is -1.98. The van der Waals surface area contributed by atoms with Crippen molar-refractivity contribution in [2.24, 2.45) is 0 Å². The molecule has 0 aliphatic carbocycles. The summed E-state index contributed by atoms with van der Waals surface area (Å²) in [6.07, 6.45) is 0. The van der Waals surface area contributed by atoms with E-state index < -0.39 is 0 Å². The number of rotatable bonds is 2. The smallest absolute Gasteiger partial charge is 0.146 e. The molecule has 2 aromatic rings. The van der Waals surface area contributed by atoms with Gasteiger partial charge < -0.3 is 4.74 Å². The minimum atomic E-state index is 0.586. The lowest BCUT2D eigenvalue weighted by Crippen LogP contribution is -1.89. The van der Waals surface area contributed by atoms with Crippen molar-refractivity contribution in [3.05, 3.63) is 58.1 Å². The van der Waals surface area contributed by atoms with Gasteiger partial charge in [0.05, 0.1) is 16.7 Å². The first-order valence-corrected chi connectivity index (χ1v) is 5.92. The number of nitriles is 1. The molecular weight excluding hydrogens is 246 g/mol. The van der Waals surface area contributed by atoms with E-state index in [0.717, 1.165) is 11.1 Å². The third-order valence-corrected chi connectivity index (χ3v) is 3.05. The molecule has 0 unspecified atom stereocenters. The predicted molar refractivity (Wildman–Crippen MR) is 72.2 cm³/mol. The van der Waals surface area contributed by atoms with Crippen LogP contribution in [0.2, 0.25) is 5.02 Å². The number of benzene rings is 2. The molecule has 0 fully saturated rings. The molecule has 2 rings (SSSR count). The maximum atomic E-state index is 8.72. The third kappa shape index (κ3) is 2.64. The summed E-state index contributed by atoms with van der Waals surface area (Å²) in [5.74, 6) is 1.30. The SMILES string of the molecule is Cc1cc(Cl)c(Oc2ccc(C#N)cc2)cc1C. The molecule has 3 heteroatoms. The minimum absolute atomic E-state index is 0.586. The third-order valence-electron chi connectivity index (χ3n) is 2.76. The molecule has 0 amide bonds. The summed E-state index contributed by atoms with van der Waals surface area (Å²) in [5.41, 5.74) is 2.86. The average Bonchev–Trinajstić information content (AvgIpc) is 2.37. The Morgan fingerprint density at radius 3 is 2.28 bits per heavy atom. The standard InChI is InChI=1S/C15H12ClNO/c1-10-7-14(16)15(8-11(10)2)18-13-5-3-12(9-17)4-6-13/h3-8H,1-2H3. The van der Waals surface area contributed by atoms with Crippen molar-refractivity contribution in [3.63, 3.8) is 0 Å². The van der Waals surface area contributed by atoms with Gasteiger partial charge in [-0.05, 0) is 61.4 Å². The Morgan fingerprint density at radius 2 is 1.67 bits per heavy atom. The maximum absolute atomic E-state index is 8.72. The fraction of sp³-hybridized carbons (Fsp3) is 0.133. The van der Waals surface area contributed by atoms with Crippen molar-refractivity contribution in [2.45, 2.75) is 13.8 Å². The second-order valence-electron chi connectivity index (χ2n) is 4.11. The molecule has 0 aromatic heterocycles. The number of hydrogen-bond donors (Lipinski definition) is 0. The van der Waals surface area contributed by atoms with Gasteiger partial charge in [-0.25, -0.2) is 0 Å². The molecule has 0 saturated carbocycles. The average molecular weight is 258 g/mol. The van der Waals surface area contributed by atoms with Crippen molar-refractivity contribution >= 4 is 11.6 Å². The van der Waals surface area contributed by atoms with E-state index in [0.29, 0.717) is 22.1 Å². The van der Waals surface area contributed by atoms with Crippen molar-refractivity contribution in [1.29, 1.82) is 5.26 Å². The first-order chi connectivity index (χ1) is 8.60. The van der Waals surface area contributed by atoms with Crippen LogP contribution in [0, 0.1) is 25.2 Å². The van der Waals surface area contributed by atoms with Crippen molar-refractivity contribution < 1.29 is 4.74 Å². The van der Waals surface area contributed by atoms with Crippen LogP contribution >= 0.6 is 11.6 Å². The highest BCUT2D eigenvalue weighted by Crippen LogP contribution is 2.31. The van der Waals surface area contributed by atoms with E-state index in [-0.39, 0.29) is 0 Å². The molecule has 0 saturated heterocycles. The zero-order chi connectivity index (χ0) is 13.1. The van der Waals surface area contributed by atoms with E-state index >= 15 is 0 Å². The monoisotopic (exact) mass is 257 g/mol. The summed E-state index contributed by atoms with van der Waals surface area (Å²) in [5, 5.41) is 9.30. The van der Waals surface area contributed by atoms with Gasteiger partial charge >= 0.3 is 0 Å². The molecule has 0 spiro atoms. The molecule has 2 nitrogen and oxygen atoms in total. The predicted octanol–water partition coefficient (Wildman–Crippen LogP) is 4.62. The van der Waals surface area contributed by atoms with E-state index in [1.54, 1.807) is 24.3 Å². The van der Waals surface area contributed by atoms with Gasteiger partial charge in [0.2, 0.25) is 0 Å². The summed E-state index contributed by atoms with van der Waals surface area (Å²) < 4.78 is 5.70. The van der Waals surface area contributed by atoms with E-state index in [1.807, 2.05) is 26.0 Å². The number of nitrogens with zero attached hydrogens (tertiary/aromatic N) is 1. The Labute approximate surface area is 111 Å². The highest BCUT2D eigenvalue weighted by Gasteiger charge is 2.06. The summed E-state index contributed by atoms with van der Waals surface area (Å²) in [4.78, 5) is 0. The van der Waals surface area contributed by atoms with E-state index in [4.69, 9.17) is 21.6 Å². The highest BCUT2D eigenvalue weighted by molar-refractivity contribution is 6.32. The number of hydrogen-bond acceptors (Lipinski definition) is 2. The lowest BCUT2D eigenvalue weighted by atomic mass is 10.1. The first-order valence-electron chi connectivity index (χ1n) is 5.55. The molecule has 18 heavy (non-hydrogen) atoms. The van der Waals surface area contributed by atoms with Gasteiger partial charge in [-0.15, -0.1) is 0 Å². The molecule has 0 bridgehead atoms. The van der Waals surface area contributed by atoms with Crippen LogP contribution in [0.25, 0.3) is 0 Å². The highest BCUT2D eigenvalue weighted by atomic mass is 35.5. The lowest BCUT2D eigenvalue weighted by Gasteiger charge is -2.10. The van der Waals surface area contributed by atoms with Crippen molar-refractivity contribution in [3.8, 4) is 17.6 Å². The fourth-order valence-corrected chi connectivity index (χ4v) is 1.81. The van der Waals surface area contributed by atoms with Crippen molar-refractivity contribution in [2.75, 3.05) is 0 Å². The summed E-state index contributed by atoms with van der Waals surface area (Å²) >= 11 is 6.13. The van der Waals surface area contributed by atoms with Crippen LogP contribution in [0.4, 0.5) is 0 Å². The second kappa shape index (κ2) is 5.12. The van der Waals surface area contributed by atoms with E-state index in [9.17, 15) is 0 Å². The molecule has 0 atom stereocenters. The minimum Gasteiger partial charge on any atom is -0.456 e. The zero-order valence-corrected chi connectivity index (χ0v) is 11.0. The lowest BCUT2D eigenvalue weighted by molar-refractivity contribution is 0.482. The van der Waals surface area contributed by atoms with E-state index in [2.05, 4.69) is 6.07 Å². The summed E-state index contributed by atoms with van der Waals surface area (Å²) in [7, 11) is 0. The molecule has 0 aliphatic rings. The van der Waals surface area contributed by atoms with E-state index in [1.165, 1.54) is 0 Å². The van der Waals surface area contributed by atoms with Crippen LogP contribution in [0.15, 0.2) is 36.4 Å². The number of aryl methyl sites for hydroxylation is 2. The fourth-order valence-electron chi connectivity index (χ4n) is 1.56.